The molecule has 1 aliphatic carbocycles. The van der Waals surface area contributed by atoms with E-state index < -0.39 is 18.0 Å². The maximum atomic E-state index is 11.8. The van der Waals surface area contributed by atoms with E-state index in [0.29, 0.717) is 12.2 Å². The van der Waals surface area contributed by atoms with Crippen LogP contribution in [0.3, 0.4) is 0 Å². The van der Waals surface area contributed by atoms with E-state index in [9.17, 15) is 9.59 Å². The van der Waals surface area contributed by atoms with E-state index in [1.165, 1.54) is 6.33 Å². The summed E-state index contributed by atoms with van der Waals surface area (Å²) in [6, 6.07) is -1.42. The van der Waals surface area contributed by atoms with Gasteiger partial charge in [0.2, 0.25) is 0 Å². The summed E-state index contributed by atoms with van der Waals surface area (Å²) in [6.45, 7) is 0.566. The Balaban J connectivity index is 1.81. The van der Waals surface area contributed by atoms with Crippen LogP contribution in [0.25, 0.3) is 0 Å². The van der Waals surface area contributed by atoms with E-state index in [0.717, 1.165) is 12.8 Å². The lowest BCUT2D eigenvalue weighted by atomic mass is 10.2. The topological polar surface area (TPSA) is 107 Å². The Morgan fingerprint density at radius 1 is 1.60 bits per heavy atom. The minimum Gasteiger partial charge on any atom is -0.480 e. The second kappa shape index (κ2) is 6.17. The van der Waals surface area contributed by atoms with Crippen molar-refractivity contribution in [2.45, 2.75) is 30.1 Å². The Morgan fingerprint density at radius 2 is 2.35 bits per heavy atom. The van der Waals surface area contributed by atoms with Crippen molar-refractivity contribution < 1.29 is 14.7 Å². The van der Waals surface area contributed by atoms with Gasteiger partial charge in [-0.05, 0) is 19.1 Å². The van der Waals surface area contributed by atoms with Crippen molar-refractivity contribution >= 4 is 23.8 Å². The van der Waals surface area contributed by atoms with Crippen LogP contribution in [0.5, 0.6) is 0 Å². The van der Waals surface area contributed by atoms with Crippen LogP contribution in [-0.4, -0.2) is 50.7 Å². The molecule has 0 aromatic carbocycles. The zero-order valence-electron chi connectivity index (χ0n) is 11.2. The van der Waals surface area contributed by atoms with Crippen molar-refractivity contribution in [3.8, 4) is 0 Å². The highest BCUT2D eigenvalue weighted by Crippen LogP contribution is 2.46. The molecule has 8 heteroatoms. The predicted molar refractivity (Wildman–Crippen MR) is 75.7 cm³/mol. The van der Waals surface area contributed by atoms with Gasteiger partial charge in [-0.1, -0.05) is 0 Å². The first-order chi connectivity index (χ1) is 9.54. The second-order valence-electron chi connectivity index (χ2n) is 4.89. The Kier molecular flexibility index (Phi) is 4.53. The zero-order valence-corrected chi connectivity index (χ0v) is 12.0. The first-order valence-electron chi connectivity index (χ1n) is 6.34. The van der Waals surface area contributed by atoms with Crippen molar-refractivity contribution in [1.29, 1.82) is 0 Å². The van der Waals surface area contributed by atoms with Gasteiger partial charge < -0.3 is 20.7 Å². The number of carbonyl (C=O) groups is 2. The number of hydrogen-bond donors (Lipinski definition) is 4. The van der Waals surface area contributed by atoms with Crippen molar-refractivity contribution in [3.05, 3.63) is 18.2 Å². The fourth-order valence-corrected chi connectivity index (χ4v) is 2.59. The van der Waals surface area contributed by atoms with Crippen LogP contribution in [0.15, 0.2) is 12.5 Å². The number of imidazole rings is 1. The van der Waals surface area contributed by atoms with Gasteiger partial charge >= 0.3 is 12.0 Å². The number of amides is 2. The molecule has 0 spiro atoms. The number of carboxylic acid groups (broad SMARTS) is 1. The molecule has 1 unspecified atom stereocenters. The van der Waals surface area contributed by atoms with Gasteiger partial charge in [-0.15, -0.1) is 0 Å². The molecule has 1 saturated carbocycles. The molecule has 2 amide bonds. The minimum absolute atomic E-state index is 0.152. The lowest BCUT2D eigenvalue weighted by molar-refractivity contribution is -0.139. The average molecular weight is 298 g/mol. The molecule has 110 valence electrons. The Hall–Kier alpha value is -1.70. The van der Waals surface area contributed by atoms with E-state index in [1.54, 1.807) is 18.0 Å². The summed E-state index contributed by atoms with van der Waals surface area (Å²) in [7, 11) is 0. The Morgan fingerprint density at radius 3 is 2.85 bits per heavy atom. The summed E-state index contributed by atoms with van der Waals surface area (Å²) in [4.78, 5) is 29.5. The van der Waals surface area contributed by atoms with Gasteiger partial charge in [0, 0.05) is 29.6 Å². The lowest BCUT2D eigenvalue weighted by Gasteiger charge is -2.17. The highest BCUT2D eigenvalue weighted by Gasteiger charge is 2.42. The van der Waals surface area contributed by atoms with Gasteiger partial charge in [0.25, 0.3) is 0 Å². The fourth-order valence-electron chi connectivity index (χ4n) is 1.86. The molecule has 1 aromatic rings. The predicted octanol–water partition coefficient (Wildman–Crippen LogP) is 0.600. The van der Waals surface area contributed by atoms with E-state index in [4.69, 9.17) is 5.11 Å². The number of thioether (sulfide) groups is 1. The summed E-state index contributed by atoms with van der Waals surface area (Å²) in [5, 5.41) is 14.3. The SMILES string of the molecule is CSC1(CNC(=O)NC(Cc2cnc[nH]2)C(=O)O)CC1. The molecule has 20 heavy (non-hydrogen) atoms. The molecule has 1 heterocycles. The summed E-state index contributed by atoms with van der Waals surface area (Å²) >= 11 is 1.74. The number of nitrogens with one attached hydrogen (secondary N) is 3. The normalized spacial score (nSPS) is 17.2. The van der Waals surface area contributed by atoms with Crippen molar-refractivity contribution in [1.82, 2.24) is 20.6 Å². The minimum atomic E-state index is -1.07. The van der Waals surface area contributed by atoms with Gasteiger partial charge in [-0.25, -0.2) is 14.6 Å². The highest BCUT2D eigenvalue weighted by molar-refractivity contribution is 8.00. The van der Waals surface area contributed by atoms with E-state index in [2.05, 4.69) is 20.6 Å². The molecular formula is C12H18N4O3S. The largest absolute Gasteiger partial charge is 0.480 e. The number of hydrogen-bond acceptors (Lipinski definition) is 4. The number of aromatic nitrogens is 2. The maximum Gasteiger partial charge on any atom is 0.326 e. The first-order valence-corrected chi connectivity index (χ1v) is 7.57. The molecule has 4 N–H and O–H groups in total. The van der Waals surface area contributed by atoms with Gasteiger partial charge in [0.15, 0.2) is 0 Å². The average Bonchev–Trinajstić information content (AvgIpc) is 3.03. The molecule has 7 nitrogen and oxygen atoms in total. The standard InChI is InChI=1S/C12H18N4O3S/c1-20-12(2-3-12)6-14-11(19)16-9(10(17)18)4-8-5-13-7-15-8/h5,7,9H,2-4,6H2,1H3,(H,13,15)(H,17,18)(H2,14,16,19). The monoisotopic (exact) mass is 298 g/mol. The summed E-state index contributed by atoms with van der Waals surface area (Å²) in [5.74, 6) is -1.07. The van der Waals surface area contributed by atoms with Crippen LogP contribution < -0.4 is 10.6 Å². The third kappa shape index (κ3) is 3.89. The molecule has 1 atom stereocenters. The number of aromatic amines is 1. The summed E-state index contributed by atoms with van der Waals surface area (Å²) < 4.78 is 0.152. The molecular weight excluding hydrogens is 280 g/mol. The highest BCUT2D eigenvalue weighted by atomic mass is 32.2. The maximum absolute atomic E-state index is 11.8. The van der Waals surface area contributed by atoms with Gasteiger partial charge in [-0.2, -0.15) is 11.8 Å². The van der Waals surface area contributed by atoms with Crippen molar-refractivity contribution in [2.24, 2.45) is 0 Å². The third-order valence-corrected chi connectivity index (χ3v) is 4.81. The number of urea groups is 1. The van der Waals surface area contributed by atoms with Crippen LogP contribution in [0.1, 0.15) is 18.5 Å². The summed E-state index contributed by atoms with van der Waals surface area (Å²) in [5.41, 5.74) is 0.667. The molecule has 0 saturated heterocycles. The summed E-state index contributed by atoms with van der Waals surface area (Å²) in [6.07, 6.45) is 7.39. The number of rotatable bonds is 7. The molecule has 0 bridgehead atoms. The van der Waals surface area contributed by atoms with Crippen LogP contribution in [0, 0.1) is 0 Å². The Labute approximate surface area is 120 Å². The number of carboxylic acids is 1. The third-order valence-electron chi connectivity index (χ3n) is 3.39. The van der Waals surface area contributed by atoms with E-state index in [-0.39, 0.29) is 11.2 Å². The number of H-pyrrole nitrogens is 1. The molecule has 1 aliphatic rings. The zero-order chi connectivity index (χ0) is 14.6. The molecule has 0 radical (unpaired) electrons. The fraction of sp³-hybridized carbons (Fsp3) is 0.583. The Bertz CT molecular complexity index is 473. The van der Waals surface area contributed by atoms with Gasteiger partial charge in [0.05, 0.1) is 6.33 Å². The van der Waals surface area contributed by atoms with Crippen LogP contribution >= 0.6 is 11.8 Å². The quantitative estimate of drug-likeness (QED) is 0.590. The molecule has 0 aliphatic heterocycles. The van der Waals surface area contributed by atoms with Crippen molar-refractivity contribution in [3.63, 3.8) is 0 Å². The number of carbonyl (C=O) groups excluding carboxylic acids is 1. The smallest absolute Gasteiger partial charge is 0.326 e. The van der Waals surface area contributed by atoms with Crippen molar-refractivity contribution in [2.75, 3.05) is 12.8 Å². The number of nitrogens with zero attached hydrogens (tertiary/aromatic N) is 1. The molecule has 1 aromatic heterocycles. The number of aliphatic carboxylic acids is 1. The van der Waals surface area contributed by atoms with E-state index >= 15 is 0 Å². The van der Waals surface area contributed by atoms with E-state index in [1.807, 2.05) is 6.26 Å². The molecule has 2 rings (SSSR count). The van der Waals surface area contributed by atoms with Gasteiger partial charge in [-0.3, -0.25) is 0 Å². The van der Waals surface area contributed by atoms with Crippen LogP contribution in [-0.2, 0) is 11.2 Å². The second-order valence-corrected chi connectivity index (χ2v) is 6.16. The molecule has 1 fully saturated rings. The first kappa shape index (κ1) is 14.7. The van der Waals surface area contributed by atoms with Crippen LogP contribution in [0.2, 0.25) is 0 Å². The lowest BCUT2D eigenvalue weighted by Crippen LogP contribution is -2.48. The van der Waals surface area contributed by atoms with Gasteiger partial charge in [0.1, 0.15) is 6.04 Å². The van der Waals surface area contributed by atoms with Crippen LogP contribution in [0.4, 0.5) is 4.79 Å².